The molecular weight excluding hydrogens is 186 g/mol. The average Bonchev–Trinajstić information content (AvgIpc) is 2.49. The molecule has 2 rings (SSSR count). The van der Waals surface area contributed by atoms with E-state index in [1.165, 1.54) is 0 Å². The third-order valence-electron chi connectivity index (χ3n) is 3.59. The van der Waals surface area contributed by atoms with E-state index in [1.54, 1.807) is 0 Å². The third kappa shape index (κ3) is 1.77. The lowest BCUT2D eigenvalue weighted by Crippen LogP contribution is -2.37. The lowest BCUT2D eigenvalue weighted by molar-refractivity contribution is -0.0945. The van der Waals surface area contributed by atoms with Gasteiger partial charge in [-0.1, -0.05) is 0 Å². The third-order valence-corrected chi connectivity index (χ3v) is 3.59. The van der Waals surface area contributed by atoms with Gasteiger partial charge in [0.2, 0.25) is 0 Å². The second kappa shape index (κ2) is 3.74. The van der Waals surface area contributed by atoms with Gasteiger partial charge in [-0.05, 0) is 18.8 Å². The maximum absolute atomic E-state index is 13.5. The van der Waals surface area contributed by atoms with Gasteiger partial charge in [-0.25, -0.2) is 8.78 Å². The molecule has 2 nitrogen and oxygen atoms in total. The molecule has 1 aliphatic carbocycles. The Labute approximate surface area is 83.4 Å². The van der Waals surface area contributed by atoms with Gasteiger partial charge in [0.1, 0.15) is 0 Å². The molecule has 0 amide bonds. The highest BCUT2D eigenvalue weighted by molar-refractivity contribution is 4.95. The van der Waals surface area contributed by atoms with Crippen molar-refractivity contribution in [2.45, 2.75) is 25.2 Å². The highest BCUT2D eigenvalue weighted by atomic mass is 19.3. The highest BCUT2D eigenvalue weighted by Crippen LogP contribution is 2.45. The molecule has 2 N–H and O–H groups in total. The smallest absolute Gasteiger partial charge is 0.252 e. The predicted molar refractivity (Wildman–Crippen MR) is 51.3 cm³/mol. The van der Waals surface area contributed by atoms with Gasteiger partial charge in [0.05, 0.1) is 0 Å². The first-order valence-corrected chi connectivity index (χ1v) is 5.44. The maximum atomic E-state index is 13.5. The lowest BCUT2D eigenvalue weighted by atomic mass is 9.79. The first-order valence-electron chi connectivity index (χ1n) is 5.44. The number of rotatable bonds is 2. The molecule has 1 heterocycles. The molecule has 0 aromatic rings. The van der Waals surface area contributed by atoms with Gasteiger partial charge in [-0.2, -0.15) is 0 Å². The number of halogens is 2. The number of nitrogens with zero attached hydrogens (tertiary/aromatic N) is 1. The Morgan fingerprint density at radius 3 is 2.79 bits per heavy atom. The van der Waals surface area contributed by atoms with Crippen LogP contribution >= 0.6 is 0 Å². The van der Waals surface area contributed by atoms with Crippen molar-refractivity contribution in [2.24, 2.45) is 17.6 Å². The Hall–Kier alpha value is -0.220. The first kappa shape index (κ1) is 10.3. The molecule has 1 saturated carbocycles. The van der Waals surface area contributed by atoms with Crippen LogP contribution in [0.15, 0.2) is 0 Å². The summed E-state index contributed by atoms with van der Waals surface area (Å²) in [6.45, 7) is 2.72. The van der Waals surface area contributed by atoms with Crippen LogP contribution in [0.1, 0.15) is 19.3 Å². The van der Waals surface area contributed by atoms with Crippen LogP contribution in [-0.4, -0.2) is 37.0 Å². The van der Waals surface area contributed by atoms with Gasteiger partial charge in [0.25, 0.3) is 5.92 Å². The summed E-state index contributed by atoms with van der Waals surface area (Å²) in [6, 6.07) is 0. The monoisotopic (exact) mass is 204 g/mol. The summed E-state index contributed by atoms with van der Waals surface area (Å²) < 4.78 is 27.0. The minimum atomic E-state index is -2.42. The predicted octanol–water partition coefficient (Wildman–Crippen LogP) is 1.31. The van der Waals surface area contributed by atoms with Gasteiger partial charge in [0.15, 0.2) is 0 Å². The molecular formula is C10H18F2N2. The number of likely N-dealkylation sites (tertiary alicyclic amines) is 1. The molecule has 0 spiro atoms. The number of hydrogen-bond acceptors (Lipinski definition) is 2. The van der Waals surface area contributed by atoms with Crippen molar-refractivity contribution >= 4 is 0 Å². The molecule has 82 valence electrons. The normalized spacial score (nSPS) is 37.1. The molecule has 0 aromatic carbocycles. The summed E-state index contributed by atoms with van der Waals surface area (Å²) in [7, 11) is 0. The molecule has 4 heteroatoms. The molecule has 0 radical (unpaired) electrons. The minimum absolute atomic E-state index is 0.0879. The maximum Gasteiger partial charge on any atom is 0.252 e. The van der Waals surface area contributed by atoms with E-state index in [2.05, 4.69) is 4.90 Å². The highest BCUT2D eigenvalue weighted by Gasteiger charge is 2.50. The van der Waals surface area contributed by atoms with Crippen molar-refractivity contribution in [1.82, 2.24) is 4.90 Å². The van der Waals surface area contributed by atoms with Crippen molar-refractivity contribution in [2.75, 3.05) is 26.2 Å². The number of hydrogen-bond donors (Lipinski definition) is 1. The van der Waals surface area contributed by atoms with Gasteiger partial charge in [0, 0.05) is 38.5 Å². The first-order chi connectivity index (χ1) is 6.63. The zero-order valence-electron chi connectivity index (χ0n) is 8.38. The average molecular weight is 204 g/mol. The summed E-state index contributed by atoms with van der Waals surface area (Å²) >= 11 is 0. The van der Waals surface area contributed by atoms with Gasteiger partial charge < -0.3 is 10.6 Å². The standard InChI is InChI=1S/C10H18F2N2/c11-10(12)3-1-2-8-6-14(5-4-13)7-9(8)10/h8-9H,1-7,13H2. The zero-order valence-corrected chi connectivity index (χ0v) is 8.38. The van der Waals surface area contributed by atoms with Crippen LogP contribution < -0.4 is 5.73 Å². The molecule has 14 heavy (non-hydrogen) atoms. The SMILES string of the molecule is NCCN1CC2CCCC(F)(F)C2C1. The fourth-order valence-corrected chi connectivity index (χ4v) is 2.88. The van der Waals surface area contributed by atoms with E-state index in [-0.39, 0.29) is 12.3 Å². The van der Waals surface area contributed by atoms with E-state index in [0.717, 1.165) is 19.5 Å². The molecule has 2 aliphatic rings. The summed E-state index contributed by atoms with van der Waals surface area (Å²) in [5, 5.41) is 0. The topological polar surface area (TPSA) is 29.3 Å². The second-order valence-corrected chi connectivity index (χ2v) is 4.57. The molecule has 2 atom stereocenters. The van der Waals surface area contributed by atoms with E-state index in [9.17, 15) is 8.78 Å². The molecule has 0 aromatic heterocycles. The zero-order chi connectivity index (χ0) is 10.2. The molecule has 1 saturated heterocycles. The summed E-state index contributed by atoms with van der Waals surface area (Å²) in [5.41, 5.74) is 5.44. The fourth-order valence-electron chi connectivity index (χ4n) is 2.88. The lowest BCUT2D eigenvalue weighted by Gasteiger charge is -2.32. The largest absolute Gasteiger partial charge is 0.329 e. The number of nitrogens with two attached hydrogens (primary N) is 1. The van der Waals surface area contributed by atoms with Crippen molar-refractivity contribution in [3.05, 3.63) is 0 Å². The van der Waals surface area contributed by atoms with Crippen LogP contribution in [0.5, 0.6) is 0 Å². The minimum Gasteiger partial charge on any atom is -0.329 e. The van der Waals surface area contributed by atoms with Crippen LogP contribution in [-0.2, 0) is 0 Å². The van der Waals surface area contributed by atoms with Crippen LogP contribution in [0.4, 0.5) is 8.78 Å². The summed E-state index contributed by atoms with van der Waals surface area (Å²) in [5.74, 6) is -2.61. The molecule has 2 fully saturated rings. The summed E-state index contributed by atoms with van der Waals surface area (Å²) in [6.07, 6.45) is 1.75. The van der Waals surface area contributed by atoms with E-state index in [4.69, 9.17) is 5.73 Å². The van der Waals surface area contributed by atoms with E-state index >= 15 is 0 Å². The van der Waals surface area contributed by atoms with Crippen molar-refractivity contribution in [3.63, 3.8) is 0 Å². The number of fused-ring (bicyclic) bond motifs is 1. The Balaban J connectivity index is 2.01. The Morgan fingerprint density at radius 1 is 1.36 bits per heavy atom. The molecule has 2 unspecified atom stereocenters. The molecule has 0 bridgehead atoms. The van der Waals surface area contributed by atoms with Crippen molar-refractivity contribution in [3.8, 4) is 0 Å². The Bertz CT molecular complexity index is 208. The van der Waals surface area contributed by atoms with Gasteiger partial charge in [-0.15, -0.1) is 0 Å². The Kier molecular flexibility index (Phi) is 2.75. The van der Waals surface area contributed by atoms with Crippen LogP contribution in [0.3, 0.4) is 0 Å². The quantitative estimate of drug-likeness (QED) is 0.735. The van der Waals surface area contributed by atoms with E-state index < -0.39 is 11.8 Å². The fraction of sp³-hybridized carbons (Fsp3) is 1.00. The van der Waals surface area contributed by atoms with E-state index in [1.807, 2.05) is 0 Å². The van der Waals surface area contributed by atoms with E-state index in [0.29, 0.717) is 19.5 Å². The van der Waals surface area contributed by atoms with Crippen molar-refractivity contribution in [1.29, 1.82) is 0 Å². The Morgan fingerprint density at radius 2 is 2.14 bits per heavy atom. The summed E-state index contributed by atoms with van der Waals surface area (Å²) in [4.78, 5) is 2.09. The second-order valence-electron chi connectivity index (χ2n) is 4.57. The van der Waals surface area contributed by atoms with Crippen LogP contribution in [0.2, 0.25) is 0 Å². The van der Waals surface area contributed by atoms with Gasteiger partial charge in [-0.3, -0.25) is 0 Å². The van der Waals surface area contributed by atoms with Crippen LogP contribution in [0.25, 0.3) is 0 Å². The van der Waals surface area contributed by atoms with Crippen molar-refractivity contribution < 1.29 is 8.78 Å². The van der Waals surface area contributed by atoms with Gasteiger partial charge >= 0.3 is 0 Å². The number of alkyl halides is 2. The molecule has 1 aliphatic heterocycles. The van der Waals surface area contributed by atoms with Crippen LogP contribution in [0, 0.1) is 11.8 Å².